The number of hydrogen-bond donors (Lipinski definition) is 1. The third-order valence-electron chi connectivity index (χ3n) is 3.59. The quantitative estimate of drug-likeness (QED) is 0.913. The van der Waals surface area contributed by atoms with Gasteiger partial charge in [0.15, 0.2) is 11.5 Å². The van der Waals surface area contributed by atoms with E-state index in [-0.39, 0.29) is 0 Å². The zero-order chi connectivity index (χ0) is 13.4. The van der Waals surface area contributed by atoms with Crippen molar-refractivity contribution >= 4 is 22.5 Å². The summed E-state index contributed by atoms with van der Waals surface area (Å²) in [6.07, 6.45) is 2.87. The predicted octanol–water partition coefficient (Wildman–Crippen LogP) is 2.18. The third-order valence-corrected chi connectivity index (χ3v) is 3.59. The van der Waals surface area contributed by atoms with E-state index in [1.807, 2.05) is 12.1 Å². The van der Waals surface area contributed by atoms with Crippen LogP contribution >= 0.6 is 0 Å². The van der Waals surface area contributed by atoms with E-state index in [1.165, 1.54) is 0 Å². The molecule has 0 aliphatic carbocycles. The molecule has 3 rings (SSSR count). The lowest BCUT2D eigenvalue weighted by Gasteiger charge is -2.27. The van der Waals surface area contributed by atoms with Crippen LogP contribution in [0.4, 0.5) is 11.5 Å². The minimum Gasteiger partial charge on any atom is -0.398 e. The van der Waals surface area contributed by atoms with E-state index in [2.05, 4.69) is 28.8 Å². The standard InChI is InChI=1S/C14H19N5/c1-3-8-18-9-11-12(15)10-6-5-7-16-13(10)17-14(11)19(18)4-2/h5-7H,3-4,8-9H2,1-2H3,(H2,15,16,17). The van der Waals surface area contributed by atoms with Crippen LogP contribution in [0.3, 0.4) is 0 Å². The summed E-state index contributed by atoms with van der Waals surface area (Å²) in [6.45, 7) is 7.09. The van der Waals surface area contributed by atoms with Crippen molar-refractivity contribution in [3.63, 3.8) is 0 Å². The number of rotatable bonds is 3. The Morgan fingerprint density at radius 1 is 1.37 bits per heavy atom. The Morgan fingerprint density at radius 3 is 2.95 bits per heavy atom. The lowest BCUT2D eigenvalue weighted by Crippen LogP contribution is -2.38. The first-order valence-electron chi connectivity index (χ1n) is 6.81. The number of hydrogen-bond acceptors (Lipinski definition) is 5. The first kappa shape index (κ1) is 12.2. The Hall–Kier alpha value is -1.88. The summed E-state index contributed by atoms with van der Waals surface area (Å²) in [4.78, 5) is 9.02. The fourth-order valence-electron chi connectivity index (χ4n) is 2.73. The van der Waals surface area contributed by atoms with E-state index in [1.54, 1.807) is 6.20 Å². The Balaban J connectivity index is 2.16. The molecule has 0 atom stereocenters. The van der Waals surface area contributed by atoms with Crippen molar-refractivity contribution in [2.75, 3.05) is 23.8 Å². The molecule has 0 radical (unpaired) electrons. The van der Waals surface area contributed by atoms with Crippen molar-refractivity contribution in [1.82, 2.24) is 15.0 Å². The van der Waals surface area contributed by atoms with Gasteiger partial charge in [0, 0.05) is 36.8 Å². The SMILES string of the molecule is CCCN1Cc2c(nc3ncccc3c2N)N1CC. The van der Waals surface area contributed by atoms with Crippen molar-refractivity contribution in [3.05, 3.63) is 23.9 Å². The van der Waals surface area contributed by atoms with Gasteiger partial charge in [0.1, 0.15) is 0 Å². The van der Waals surface area contributed by atoms with E-state index >= 15 is 0 Å². The molecule has 0 fully saturated rings. The maximum atomic E-state index is 6.31. The molecule has 0 unspecified atom stereocenters. The molecule has 0 saturated carbocycles. The van der Waals surface area contributed by atoms with Gasteiger partial charge >= 0.3 is 0 Å². The van der Waals surface area contributed by atoms with Gasteiger partial charge in [-0.2, -0.15) is 0 Å². The minimum atomic E-state index is 0.732. The summed E-state index contributed by atoms with van der Waals surface area (Å²) in [6, 6.07) is 3.90. The van der Waals surface area contributed by atoms with Crippen molar-refractivity contribution in [3.8, 4) is 0 Å². The molecule has 5 heteroatoms. The second kappa shape index (κ2) is 4.66. The van der Waals surface area contributed by atoms with Crippen molar-refractivity contribution in [1.29, 1.82) is 0 Å². The Morgan fingerprint density at radius 2 is 2.21 bits per heavy atom. The van der Waals surface area contributed by atoms with E-state index in [0.717, 1.165) is 54.2 Å². The Labute approximate surface area is 113 Å². The zero-order valence-electron chi connectivity index (χ0n) is 11.4. The zero-order valence-corrected chi connectivity index (χ0v) is 11.4. The summed E-state index contributed by atoms with van der Waals surface area (Å²) in [5.41, 5.74) is 9.00. The summed E-state index contributed by atoms with van der Waals surface area (Å²) >= 11 is 0. The molecule has 5 nitrogen and oxygen atoms in total. The average molecular weight is 257 g/mol. The fraction of sp³-hybridized carbons (Fsp3) is 0.429. The number of pyridine rings is 2. The highest BCUT2D eigenvalue weighted by molar-refractivity contribution is 5.92. The van der Waals surface area contributed by atoms with Crippen LogP contribution in [-0.2, 0) is 6.54 Å². The Kier molecular flexibility index (Phi) is 2.98. The largest absolute Gasteiger partial charge is 0.398 e. The summed E-state index contributed by atoms with van der Waals surface area (Å²) in [5.74, 6) is 0.972. The van der Waals surface area contributed by atoms with E-state index in [4.69, 9.17) is 10.7 Å². The highest BCUT2D eigenvalue weighted by Crippen LogP contribution is 2.36. The molecule has 0 aromatic carbocycles. The second-order valence-corrected chi connectivity index (χ2v) is 4.81. The van der Waals surface area contributed by atoms with Crippen LogP contribution in [0.5, 0.6) is 0 Å². The first-order chi connectivity index (χ1) is 9.26. The molecule has 0 amide bonds. The maximum Gasteiger partial charge on any atom is 0.163 e. The van der Waals surface area contributed by atoms with Crippen molar-refractivity contribution in [2.24, 2.45) is 0 Å². The second-order valence-electron chi connectivity index (χ2n) is 4.81. The molecular formula is C14H19N5. The van der Waals surface area contributed by atoms with Gasteiger partial charge in [-0.1, -0.05) is 6.92 Å². The average Bonchev–Trinajstić information content (AvgIpc) is 2.77. The summed E-state index contributed by atoms with van der Waals surface area (Å²) < 4.78 is 0. The van der Waals surface area contributed by atoms with E-state index in [0.29, 0.717) is 0 Å². The van der Waals surface area contributed by atoms with Crippen molar-refractivity contribution < 1.29 is 0 Å². The smallest absolute Gasteiger partial charge is 0.163 e. The van der Waals surface area contributed by atoms with Crippen LogP contribution in [0.15, 0.2) is 18.3 Å². The molecule has 19 heavy (non-hydrogen) atoms. The monoisotopic (exact) mass is 257 g/mol. The number of nitrogen functional groups attached to an aromatic ring is 1. The molecular weight excluding hydrogens is 238 g/mol. The number of nitrogens with two attached hydrogens (primary N) is 1. The number of nitrogens with zero attached hydrogens (tertiary/aromatic N) is 4. The fourth-order valence-corrected chi connectivity index (χ4v) is 2.73. The van der Waals surface area contributed by atoms with E-state index in [9.17, 15) is 0 Å². The molecule has 0 spiro atoms. The van der Waals surface area contributed by atoms with E-state index < -0.39 is 0 Å². The van der Waals surface area contributed by atoms with Crippen LogP contribution in [0.2, 0.25) is 0 Å². The lowest BCUT2D eigenvalue weighted by molar-refractivity contribution is 0.266. The molecule has 1 aliphatic rings. The molecule has 0 saturated heterocycles. The normalized spacial score (nSPS) is 15.2. The van der Waals surface area contributed by atoms with Gasteiger partial charge in [0.2, 0.25) is 0 Å². The van der Waals surface area contributed by atoms with Gasteiger partial charge in [-0.3, -0.25) is 5.01 Å². The van der Waals surface area contributed by atoms with Gasteiger partial charge in [-0.15, -0.1) is 0 Å². The first-order valence-corrected chi connectivity index (χ1v) is 6.81. The number of hydrazine groups is 1. The van der Waals surface area contributed by atoms with Gasteiger partial charge in [-0.05, 0) is 25.5 Å². The van der Waals surface area contributed by atoms with Crippen molar-refractivity contribution in [2.45, 2.75) is 26.8 Å². The summed E-state index contributed by atoms with van der Waals surface area (Å²) in [7, 11) is 0. The van der Waals surface area contributed by atoms with Gasteiger partial charge in [0.25, 0.3) is 0 Å². The number of anilines is 2. The van der Waals surface area contributed by atoms with Crippen LogP contribution < -0.4 is 10.7 Å². The highest BCUT2D eigenvalue weighted by Gasteiger charge is 2.29. The summed E-state index contributed by atoms with van der Waals surface area (Å²) in [5, 5.41) is 5.48. The van der Waals surface area contributed by atoms with Crippen LogP contribution in [0.1, 0.15) is 25.8 Å². The lowest BCUT2D eigenvalue weighted by atomic mass is 10.1. The molecule has 2 aromatic heterocycles. The maximum absolute atomic E-state index is 6.31. The molecule has 100 valence electrons. The van der Waals surface area contributed by atoms with Crippen LogP contribution in [0, 0.1) is 0 Å². The predicted molar refractivity (Wildman–Crippen MR) is 77.7 cm³/mol. The molecule has 3 heterocycles. The Bertz CT molecular complexity index is 610. The molecule has 0 bridgehead atoms. The minimum absolute atomic E-state index is 0.732. The highest BCUT2D eigenvalue weighted by atomic mass is 15.7. The van der Waals surface area contributed by atoms with Crippen LogP contribution in [0.25, 0.3) is 11.0 Å². The third kappa shape index (κ3) is 1.81. The van der Waals surface area contributed by atoms with Crippen LogP contribution in [-0.4, -0.2) is 28.1 Å². The van der Waals surface area contributed by atoms with Gasteiger partial charge in [0.05, 0.1) is 5.69 Å². The topological polar surface area (TPSA) is 58.3 Å². The number of fused-ring (bicyclic) bond motifs is 2. The number of aromatic nitrogens is 2. The van der Waals surface area contributed by atoms with Gasteiger partial charge < -0.3 is 5.73 Å². The molecule has 2 N–H and O–H groups in total. The van der Waals surface area contributed by atoms with Gasteiger partial charge in [-0.25, -0.2) is 15.0 Å². The molecule has 1 aliphatic heterocycles. The molecule has 2 aromatic rings.